The van der Waals surface area contributed by atoms with Crippen LogP contribution in [0, 0.1) is 11.3 Å². The predicted octanol–water partition coefficient (Wildman–Crippen LogP) is 2.36. The summed E-state index contributed by atoms with van der Waals surface area (Å²) >= 11 is 0. The highest BCUT2D eigenvalue weighted by atomic mass is 16.5. The van der Waals surface area contributed by atoms with Crippen LogP contribution in [-0.4, -0.2) is 23.9 Å². The van der Waals surface area contributed by atoms with E-state index in [9.17, 15) is 5.11 Å². The van der Waals surface area contributed by atoms with Gasteiger partial charge in [0.25, 0.3) is 0 Å². The number of benzene rings is 1. The first kappa shape index (κ1) is 14.4. The Morgan fingerprint density at radius 1 is 1.42 bits per heavy atom. The van der Waals surface area contributed by atoms with Crippen molar-refractivity contribution in [1.29, 1.82) is 0 Å². The fraction of sp³-hybridized carbons (Fsp3) is 0.625. The number of fused-ring (bicyclic) bond motifs is 1. The average Bonchev–Trinajstić information content (AvgIpc) is 2.36. The molecule has 1 heterocycles. The second kappa shape index (κ2) is 5.14. The molecule has 2 atom stereocenters. The molecule has 3 N–H and O–H groups in total. The Morgan fingerprint density at radius 2 is 2.11 bits per heavy atom. The van der Waals surface area contributed by atoms with E-state index in [1.54, 1.807) is 0 Å². The zero-order chi connectivity index (χ0) is 14.1. The van der Waals surface area contributed by atoms with Gasteiger partial charge in [0.15, 0.2) is 0 Å². The standard InChI is InChI=1S/C16H25NO2/c1-12(2)8-15(3,18)16(10-17)9-13-6-4-5-7-14(13)19-11-16/h4-7,12,18H,8-11,17H2,1-3H3. The molecular weight excluding hydrogens is 238 g/mol. The molecule has 0 aliphatic carbocycles. The highest BCUT2D eigenvalue weighted by Gasteiger charge is 2.49. The van der Waals surface area contributed by atoms with Gasteiger partial charge in [-0.1, -0.05) is 32.0 Å². The largest absolute Gasteiger partial charge is 0.493 e. The molecule has 0 aromatic heterocycles. The van der Waals surface area contributed by atoms with Crippen molar-refractivity contribution in [3.8, 4) is 5.75 Å². The minimum Gasteiger partial charge on any atom is -0.493 e. The van der Waals surface area contributed by atoms with Gasteiger partial charge in [-0.25, -0.2) is 0 Å². The number of hydrogen-bond donors (Lipinski definition) is 2. The molecule has 0 fully saturated rings. The number of ether oxygens (including phenoxy) is 1. The summed E-state index contributed by atoms with van der Waals surface area (Å²) in [7, 11) is 0. The van der Waals surface area contributed by atoms with Gasteiger partial charge in [-0.3, -0.25) is 0 Å². The number of hydrogen-bond acceptors (Lipinski definition) is 3. The van der Waals surface area contributed by atoms with E-state index in [-0.39, 0.29) is 0 Å². The summed E-state index contributed by atoms with van der Waals surface area (Å²) in [5, 5.41) is 10.9. The van der Waals surface area contributed by atoms with Crippen molar-refractivity contribution in [2.24, 2.45) is 17.1 Å². The predicted molar refractivity (Wildman–Crippen MR) is 77.2 cm³/mol. The normalized spacial score (nSPS) is 25.6. The summed E-state index contributed by atoms with van der Waals surface area (Å²) in [5.74, 6) is 1.35. The van der Waals surface area contributed by atoms with E-state index in [1.807, 2.05) is 25.1 Å². The van der Waals surface area contributed by atoms with Crippen molar-refractivity contribution < 1.29 is 9.84 Å². The van der Waals surface area contributed by atoms with E-state index < -0.39 is 11.0 Å². The summed E-state index contributed by atoms with van der Waals surface area (Å²) < 4.78 is 5.86. The molecule has 1 aromatic carbocycles. The maximum Gasteiger partial charge on any atom is 0.122 e. The summed E-state index contributed by atoms with van der Waals surface area (Å²) in [6.45, 7) is 7.06. The van der Waals surface area contributed by atoms with Gasteiger partial charge < -0.3 is 15.6 Å². The van der Waals surface area contributed by atoms with Crippen molar-refractivity contribution in [3.05, 3.63) is 29.8 Å². The SMILES string of the molecule is CC(C)CC(C)(O)C1(CN)COc2ccccc2C1. The van der Waals surface area contributed by atoms with Crippen LogP contribution in [0.25, 0.3) is 0 Å². The first-order chi connectivity index (χ1) is 8.90. The average molecular weight is 263 g/mol. The third kappa shape index (κ3) is 2.63. The van der Waals surface area contributed by atoms with Crippen LogP contribution in [-0.2, 0) is 6.42 Å². The summed E-state index contributed by atoms with van der Waals surface area (Å²) in [5.41, 5.74) is 5.95. The highest BCUT2D eigenvalue weighted by Crippen LogP contribution is 2.43. The minimum atomic E-state index is -0.816. The Morgan fingerprint density at radius 3 is 2.74 bits per heavy atom. The molecule has 0 bridgehead atoms. The number of nitrogens with two attached hydrogens (primary N) is 1. The Bertz CT molecular complexity index is 442. The molecule has 3 heteroatoms. The molecule has 1 aliphatic heterocycles. The van der Waals surface area contributed by atoms with E-state index in [0.29, 0.717) is 19.1 Å². The second-order valence-electron chi connectivity index (χ2n) is 6.43. The summed E-state index contributed by atoms with van der Waals surface area (Å²) in [4.78, 5) is 0. The molecule has 1 aromatic rings. The first-order valence-electron chi connectivity index (χ1n) is 7.03. The Balaban J connectivity index is 2.31. The zero-order valence-corrected chi connectivity index (χ0v) is 12.1. The van der Waals surface area contributed by atoms with Gasteiger partial charge in [0.05, 0.1) is 12.2 Å². The molecule has 2 rings (SSSR count). The highest BCUT2D eigenvalue weighted by molar-refractivity contribution is 5.37. The summed E-state index contributed by atoms with van der Waals surface area (Å²) in [6, 6.07) is 8.02. The van der Waals surface area contributed by atoms with E-state index >= 15 is 0 Å². The van der Waals surface area contributed by atoms with Crippen LogP contribution >= 0.6 is 0 Å². The van der Waals surface area contributed by atoms with E-state index in [4.69, 9.17) is 10.5 Å². The van der Waals surface area contributed by atoms with Gasteiger partial charge >= 0.3 is 0 Å². The lowest BCUT2D eigenvalue weighted by atomic mass is 9.65. The molecule has 0 spiro atoms. The maximum absolute atomic E-state index is 10.9. The van der Waals surface area contributed by atoms with Gasteiger partial charge in [-0.15, -0.1) is 0 Å². The smallest absolute Gasteiger partial charge is 0.122 e. The monoisotopic (exact) mass is 263 g/mol. The number of rotatable bonds is 4. The van der Waals surface area contributed by atoms with Crippen molar-refractivity contribution in [2.45, 2.75) is 39.2 Å². The molecule has 2 unspecified atom stereocenters. The van der Waals surface area contributed by atoms with Crippen molar-refractivity contribution in [2.75, 3.05) is 13.2 Å². The van der Waals surface area contributed by atoms with Crippen LogP contribution in [0.15, 0.2) is 24.3 Å². The quantitative estimate of drug-likeness (QED) is 0.877. The molecule has 3 nitrogen and oxygen atoms in total. The lowest BCUT2D eigenvalue weighted by Crippen LogP contribution is -2.57. The topological polar surface area (TPSA) is 55.5 Å². The third-order valence-corrected chi connectivity index (χ3v) is 4.34. The van der Waals surface area contributed by atoms with Crippen LogP contribution in [0.5, 0.6) is 5.75 Å². The third-order valence-electron chi connectivity index (χ3n) is 4.34. The lowest BCUT2D eigenvalue weighted by Gasteiger charge is -2.48. The molecule has 106 valence electrons. The Labute approximate surface area is 115 Å². The van der Waals surface area contributed by atoms with Crippen LogP contribution in [0.4, 0.5) is 0 Å². The number of para-hydroxylation sites is 1. The van der Waals surface area contributed by atoms with Gasteiger partial charge in [-0.2, -0.15) is 0 Å². The molecule has 0 saturated carbocycles. The van der Waals surface area contributed by atoms with Gasteiger partial charge in [0.1, 0.15) is 5.75 Å². The zero-order valence-electron chi connectivity index (χ0n) is 12.1. The number of aliphatic hydroxyl groups is 1. The minimum absolute atomic E-state index is 0.397. The van der Waals surface area contributed by atoms with Gasteiger partial charge in [0, 0.05) is 12.0 Å². The van der Waals surface area contributed by atoms with Gasteiger partial charge in [-0.05, 0) is 37.3 Å². The molecule has 19 heavy (non-hydrogen) atoms. The summed E-state index contributed by atoms with van der Waals surface area (Å²) in [6.07, 6.45) is 1.51. The fourth-order valence-electron chi connectivity index (χ4n) is 3.13. The Hall–Kier alpha value is -1.06. The van der Waals surface area contributed by atoms with Crippen molar-refractivity contribution >= 4 is 0 Å². The molecule has 0 radical (unpaired) electrons. The van der Waals surface area contributed by atoms with Crippen LogP contribution in [0.2, 0.25) is 0 Å². The Kier molecular flexibility index (Phi) is 3.88. The molecule has 1 aliphatic rings. The fourth-order valence-corrected chi connectivity index (χ4v) is 3.13. The lowest BCUT2D eigenvalue weighted by molar-refractivity contribution is -0.105. The second-order valence-corrected chi connectivity index (χ2v) is 6.43. The van der Waals surface area contributed by atoms with Crippen LogP contribution in [0.3, 0.4) is 0 Å². The van der Waals surface area contributed by atoms with Gasteiger partial charge in [0.2, 0.25) is 0 Å². The molecule has 0 saturated heterocycles. The van der Waals surface area contributed by atoms with Crippen LogP contribution in [0.1, 0.15) is 32.8 Å². The maximum atomic E-state index is 10.9. The van der Waals surface area contributed by atoms with Crippen molar-refractivity contribution in [3.63, 3.8) is 0 Å². The molecular formula is C16H25NO2. The van der Waals surface area contributed by atoms with E-state index in [2.05, 4.69) is 19.9 Å². The van der Waals surface area contributed by atoms with Crippen molar-refractivity contribution in [1.82, 2.24) is 0 Å². The van der Waals surface area contributed by atoms with E-state index in [1.165, 1.54) is 0 Å². The van der Waals surface area contributed by atoms with Crippen LogP contribution < -0.4 is 10.5 Å². The van der Waals surface area contributed by atoms with E-state index in [0.717, 1.165) is 24.2 Å². The first-order valence-corrected chi connectivity index (χ1v) is 7.03. The molecule has 0 amide bonds.